The second-order valence-electron chi connectivity index (χ2n) is 11.6. The minimum absolute atomic E-state index is 0.0402. The minimum Gasteiger partial charge on any atom is -0.412 e. The summed E-state index contributed by atoms with van der Waals surface area (Å²) in [7, 11) is 2.03. The first-order valence-corrected chi connectivity index (χ1v) is 18.0. The molecule has 12 heteroatoms. The Morgan fingerprint density at radius 3 is 2.55 bits per heavy atom. The maximum atomic E-state index is 14.0. The Hall–Kier alpha value is -3.32. The molecule has 0 aliphatic rings. The Bertz CT molecular complexity index is 1610. The molecule has 4 rings (SSSR count). The van der Waals surface area contributed by atoms with Gasteiger partial charge in [0.2, 0.25) is 5.75 Å². The highest BCUT2D eigenvalue weighted by molar-refractivity contribution is 9.06. The number of aryl methyl sites for hydroxylation is 1. The van der Waals surface area contributed by atoms with E-state index in [1.165, 1.54) is 35.0 Å². The summed E-state index contributed by atoms with van der Waals surface area (Å²) in [5.74, 6) is -1.68. The number of aliphatic hydroxyl groups excluding tert-OH is 1. The predicted octanol–water partition coefficient (Wildman–Crippen LogP) is 5.14. The summed E-state index contributed by atoms with van der Waals surface area (Å²) in [6.07, 6.45) is 2.16. The third kappa shape index (κ3) is 7.35. The monoisotopic (exact) mass is 658 g/mol. The van der Waals surface area contributed by atoms with Gasteiger partial charge in [-0.05, 0) is 35.4 Å². The minimum atomic E-state index is -1.30. The van der Waals surface area contributed by atoms with E-state index in [4.69, 9.17) is 8.57 Å². The quantitative estimate of drug-likeness (QED) is 0.167. The molecule has 0 bridgehead atoms. The van der Waals surface area contributed by atoms with Crippen LogP contribution in [0.2, 0.25) is 25.7 Å². The van der Waals surface area contributed by atoms with Crippen LogP contribution in [0.3, 0.4) is 0 Å². The van der Waals surface area contributed by atoms with Crippen LogP contribution in [-0.2, 0) is 18.5 Å². The van der Waals surface area contributed by atoms with Crippen molar-refractivity contribution in [3.05, 3.63) is 93.8 Å². The van der Waals surface area contributed by atoms with Gasteiger partial charge in [-0.25, -0.2) is 9.07 Å². The van der Waals surface area contributed by atoms with Crippen LogP contribution < -0.4 is 9.26 Å². The third-order valence-electron chi connectivity index (χ3n) is 7.11. The number of benzene rings is 2. The van der Waals surface area contributed by atoms with Gasteiger partial charge in [-0.2, -0.15) is 5.10 Å². The molecule has 224 valence electrons. The fourth-order valence-electron chi connectivity index (χ4n) is 4.87. The summed E-state index contributed by atoms with van der Waals surface area (Å²) < 4.78 is 28.0. The number of aromatic nitrogens is 3. The lowest BCUT2D eigenvalue weighted by atomic mass is 9.86. The molecule has 1 amide bonds. The van der Waals surface area contributed by atoms with E-state index < -0.39 is 31.4 Å². The van der Waals surface area contributed by atoms with Crippen molar-refractivity contribution in [1.82, 2.24) is 19.2 Å². The number of amides is 1. The van der Waals surface area contributed by atoms with Crippen molar-refractivity contribution in [2.24, 2.45) is 7.05 Å². The first kappa shape index (κ1) is 31.6. The van der Waals surface area contributed by atoms with E-state index in [0.717, 1.165) is 22.6 Å². The third-order valence-corrected chi connectivity index (χ3v) is 9.16. The van der Waals surface area contributed by atoms with E-state index >= 15 is 0 Å². The fraction of sp³-hybridized carbons (Fsp3) is 0.367. The van der Waals surface area contributed by atoms with Crippen molar-refractivity contribution >= 4 is 41.1 Å². The van der Waals surface area contributed by atoms with Crippen LogP contribution in [0.5, 0.6) is 5.75 Å². The van der Waals surface area contributed by atoms with Crippen LogP contribution in [0.4, 0.5) is 4.39 Å². The van der Waals surface area contributed by atoms with Crippen molar-refractivity contribution in [3.8, 4) is 5.75 Å². The molecular weight excluding hydrogens is 623 g/mol. The van der Waals surface area contributed by atoms with E-state index in [1.54, 1.807) is 6.07 Å². The lowest BCUT2D eigenvalue weighted by molar-refractivity contribution is 0.0625. The first-order chi connectivity index (χ1) is 19.9. The molecule has 2 aromatic heterocycles. The zero-order valence-electron chi connectivity index (χ0n) is 24.4. The Morgan fingerprint density at radius 1 is 1.17 bits per heavy atom. The van der Waals surface area contributed by atoms with E-state index in [9.17, 15) is 19.1 Å². The average molecular weight is 660 g/mol. The lowest BCUT2D eigenvalue weighted by Gasteiger charge is -2.27. The van der Waals surface area contributed by atoms with Crippen molar-refractivity contribution in [2.45, 2.75) is 44.4 Å². The highest BCUT2D eigenvalue weighted by Gasteiger charge is 2.30. The zero-order valence-corrected chi connectivity index (χ0v) is 27.0. The zero-order chi connectivity index (χ0) is 30.6. The number of ether oxygens (including phenoxy) is 1. The summed E-state index contributed by atoms with van der Waals surface area (Å²) in [6, 6.07) is 14.9. The lowest BCUT2D eigenvalue weighted by Crippen LogP contribution is -2.40. The van der Waals surface area contributed by atoms with Crippen LogP contribution in [0.15, 0.2) is 65.7 Å². The highest BCUT2D eigenvalue weighted by Crippen LogP contribution is 2.35. The average Bonchev–Trinajstić information content (AvgIpc) is 3.26. The largest absolute Gasteiger partial charge is 0.412 e. The smallest absolute Gasteiger partial charge is 0.278 e. The second-order valence-corrected chi connectivity index (χ2v) is 17.6. The maximum Gasteiger partial charge on any atom is 0.278 e. The van der Waals surface area contributed by atoms with Crippen molar-refractivity contribution in [1.29, 1.82) is 0 Å². The number of hydrogen-bond donors (Lipinski definition) is 1. The molecular formula is C30H36BrFN4O5Si. The molecule has 4 aromatic rings. The second kappa shape index (κ2) is 13.3. The molecule has 2 heterocycles. The molecule has 0 aliphatic carbocycles. The molecule has 9 nitrogen and oxygen atoms in total. The number of hydrogen-bond acceptors (Lipinski definition) is 6. The van der Waals surface area contributed by atoms with Gasteiger partial charge in [0.15, 0.2) is 22.0 Å². The highest BCUT2D eigenvalue weighted by atomic mass is 79.9. The van der Waals surface area contributed by atoms with Crippen LogP contribution >= 0.6 is 16.3 Å². The molecule has 1 N–H and O–H groups in total. The van der Waals surface area contributed by atoms with Crippen molar-refractivity contribution in [2.75, 3.05) is 20.2 Å². The van der Waals surface area contributed by atoms with Gasteiger partial charge < -0.3 is 23.1 Å². The SMILES string of the molecule is CN(CC(O)C(c1ccccc1)c1cn(C)c2cc(F)ccc12)C(=O)c1nn(COCC[Si](C)(C)C)cc(OBr)c1=O. The van der Waals surface area contributed by atoms with Gasteiger partial charge in [0, 0.05) is 52.8 Å². The Kier molecular flexibility index (Phi) is 10.0. The first-order valence-electron chi connectivity index (χ1n) is 13.6. The van der Waals surface area contributed by atoms with Crippen LogP contribution in [0.1, 0.15) is 27.5 Å². The topological polar surface area (TPSA) is 98.8 Å². The fourth-order valence-corrected chi connectivity index (χ4v) is 5.85. The van der Waals surface area contributed by atoms with Crippen molar-refractivity contribution in [3.63, 3.8) is 0 Å². The van der Waals surface area contributed by atoms with E-state index in [-0.39, 0.29) is 30.5 Å². The molecule has 2 aromatic carbocycles. The molecule has 0 radical (unpaired) electrons. The molecule has 0 saturated heterocycles. The summed E-state index contributed by atoms with van der Waals surface area (Å²) >= 11 is 2.84. The van der Waals surface area contributed by atoms with E-state index in [1.807, 2.05) is 48.1 Å². The van der Waals surface area contributed by atoms with Crippen molar-refractivity contribution < 1.29 is 22.9 Å². The Balaban J connectivity index is 1.61. The molecule has 0 saturated carbocycles. The number of aliphatic hydroxyl groups is 1. The van der Waals surface area contributed by atoms with Gasteiger partial charge >= 0.3 is 0 Å². The summed E-state index contributed by atoms with van der Waals surface area (Å²) in [4.78, 5) is 27.8. The molecule has 42 heavy (non-hydrogen) atoms. The number of carbonyl (C=O) groups excluding carboxylic acids is 1. The molecule has 0 fully saturated rings. The molecule has 2 unspecified atom stereocenters. The number of halogens is 2. The standard InChI is InChI=1S/C30H36BrFN4O5Si/c1-34-16-23(22-12-11-21(32)15-24(22)34)27(20-9-7-6-8-10-20)25(37)17-35(2)30(39)28-29(38)26(41-31)18-36(33-28)19-40-13-14-42(3,4)5/h6-12,15-16,18,25,27,37H,13-14,17,19H2,1-5H3. The van der Waals surface area contributed by atoms with E-state index in [2.05, 4.69) is 41.0 Å². The number of likely N-dealkylation sites (N-methyl/N-ethyl adjacent to an activating group) is 1. The predicted molar refractivity (Wildman–Crippen MR) is 166 cm³/mol. The Morgan fingerprint density at radius 2 is 1.88 bits per heavy atom. The summed E-state index contributed by atoms with van der Waals surface area (Å²) in [5.41, 5.74) is 1.26. The number of rotatable bonds is 12. The number of carbonyl (C=O) groups is 1. The summed E-state index contributed by atoms with van der Waals surface area (Å²) in [6.45, 7) is 7.20. The van der Waals surface area contributed by atoms with Gasteiger partial charge in [-0.1, -0.05) is 50.0 Å². The number of fused-ring (bicyclic) bond motifs is 1. The van der Waals surface area contributed by atoms with Gasteiger partial charge in [0.25, 0.3) is 11.3 Å². The maximum absolute atomic E-state index is 14.0. The van der Waals surface area contributed by atoms with Gasteiger partial charge in [0.05, 0.1) is 17.8 Å². The molecule has 2 atom stereocenters. The van der Waals surface area contributed by atoms with Crippen LogP contribution in [0, 0.1) is 5.82 Å². The molecule has 0 spiro atoms. The van der Waals surface area contributed by atoms with Crippen LogP contribution in [0.25, 0.3) is 10.9 Å². The number of nitrogens with zero attached hydrogens (tertiary/aromatic N) is 4. The van der Waals surface area contributed by atoms with Gasteiger partial charge in [0.1, 0.15) is 12.5 Å². The van der Waals surface area contributed by atoms with E-state index in [0.29, 0.717) is 12.1 Å². The molecule has 0 aliphatic heterocycles. The van der Waals surface area contributed by atoms with Crippen LogP contribution in [-0.4, -0.2) is 64.6 Å². The Labute approximate surface area is 253 Å². The summed E-state index contributed by atoms with van der Waals surface area (Å²) in [5, 5.41) is 16.6. The normalized spacial score (nSPS) is 13.2. The van der Waals surface area contributed by atoms with Gasteiger partial charge in [-0.3, -0.25) is 9.59 Å². The van der Waals surface area contributed by atoms with Gasteiger partial charge in [-0.15, -0.1) is 0 Å².